The Kier molecular flexibility index (Phi) is 6.76. The number of thiophene rings is 1. The molecule has 5 heteroatoms. The van der Waals surface area contributed by atoms with Crippen molar-refractivity contribution in [2.45, 2.75) is 0 Å². The fourth-order valence-electron chi connectivity index (χ4n) is 8.31. The Bertz CT molecular complexity index is 3530. The monoisotopic (exact) mass is 731 g/mol. The van der Waals surface area contributed by atoms with Crippen LogP contribution >= 0.6 is 11.3 Å². The molecule has 0 fully saturated rings. The first kappa shape index (κ1) is 31.2. The number of hydrogen-bond acceptors (Lipinski definition) is 5. The highest BCUT2D eigenvalue weighted by atomic mass is 32.1. The van der Waals surface area contributed by atoms with Gasteiger partial charge < -0.3 is 4.42 Å². The van der Waals surface area contributed by atoms with Crippen LogP contribution in [0.5, 0.6) is 0 Å². The molecule has 12 aromatic rings. The zero-order chi connectivity index (χ0) is 36.7. The standard InChI is InChI=1S/C51H29N3OS/c1-2-9-30(10-3-1)41-27-24-33-21-22-34-25-28-42(53-49(34)48(33)52-41)31-17-19-32(20-18-31)47-46-40-12-5-7-16-45(40)56-51(46)39-26-23-35(29-43(39)54-47)36-13-8-14-38-37-11-4-6-15-44(37)55-50(36)38/h1-29H. The second kappa shape index (κ2) is 12.2. The number of nitrogens with zero attached hydrogens (tertiary/aromatic N) is 3. The molecule has 0 unspecified atom stereocenters. The third kappa shape index (κ3) is 4.81. The van der Waals surface area contributed by atoms with Crippen molar-refractivity contribution >= 4 is 86.2 Å². The van der Waals surface area contributed by atoms with Crippen LogP contribution in [0.1, 0.15) is 0 Å². The van der Waals surface area contributed by atoms with E-state index in [1.54, 1.807) is 0 Å². The molecule has 56 heavy (non-hydrogen) atoms. The summed E-state index contributed by atoms with van der Waals surface area (Å²) in [5.41, 5.74) is 12.7. The number of hydrogen-bond donors (Lipinski definition) is 0. The number of pyridine rings is 3. The summed E-state index contributed by atoms with van der Waals surface area (Å²) < 4.78 is 8.94. The van der Waals surface area contributed by atoms with Crippen LogP contribution in [0.3, 0.4) is 0 Å². The Morgan fingerprint density at radius 2 is 1.05 bits per heavy atom. The van der Waals surface area contributed by atoms with Crippen molar-refractivity contribution in [3.8, 4) is 44.9 Å². The molecule has 4 nitrogen and oxygen atoms in total. The van der Waals surface area contributed by atoms with Crippen LogP contribution in [-0.4, -0.2) is 15.0 Å². The predicted molar refractivity (Wildman–Crippen MR) is 234 cm³/mol. The average Bonchev–Trinajstić information content (AvgIpc) is 3.85. The molecular formula is C51H29N3OS. The van der Waals surface area contributed by atoms with Gasteiger partial charge in [0.25, 0.3) is 0 Å². The van der Waals surface area contributed by atoms with Crippen molar-refractivity contribution in [2.75, 3.05) is 0 Å². The first-order valence-corrected chi connectivity index (χ1v) is 19.6. The highest BCUT2D eigenvalue weighted by Crippen LogP contribution is 2.44. The van der Waals surface area contributed by atoms with E-state index in [0.717, 1.165) is 99.5 Å². The molecule has 0 atom stereocenters. The number of rotatable bonds is 4. The highest BCUT2D eigenvalue weighted by Gasteiger charge is 2.19. The van der Waals surface area contributed by atoms with Crippen LogP contribution in [0, 0.1) is 0 Å². The van der Waals surface area contributed by atoms with Crippen LogP contribution in [0.25, 0.3) is 120 Å². The topological polar surface area (TPSA) is 51.8 Å². The van der Waals surface area contributed by atoms with E-state index in [9.17, 15) is 0 Å². The summed E-state index contributed by atoms with van der Waals surface area (Å²) in [6.07, 6.45) is 0. The summed E-state index contributed by atoms with van der Waals surface area (Å²) in [6, 6.07) is 61.7. The van der Waals surface area contributed by atoms with Crippen molar-refractivity contribution in [3.05, 3.63) is 176 Å². The number of furan rings is 1. The minimum absolute atomic E-state index is 0.896. The molecule has 0 saturated carbocycles. The molecule has 0 amide bonds. The fraction of sp³-hybridized carbons (Fsp3) is 0. The summed E-state index contributed by atoms with van der Waals surface area (Å²) in [4.78, 5) is 15.8. The summed E-state index contributed by atoms with van der Waals surface area (Å²) >= 11 is 1.83. The predicted octanol–water partition coefficient (Wildman–Crippen LogP) is 14.3. The van der Waals surface area contributed by atoms with Gasteiger partial charge in [0.2, 0.25) is 0 Å². The number of aromatic nitrogens is 3. The van der Waals surface area contributed by atoms with Gasteiger partial charge in [0.1, 0.15) is 11.2 Å². The van der Waals surface area contributed by atoms with Crippen molar-refractivity contribution in [1.82, 2.24) is 15.0 Å². The molecule has 0 radical (unpaired) electrons. The van der Waals surface area contributed by atoms with E-state index < -0.39 is 0 Å². The molecule has 260 valence electrons. The molecule has 7 aromatic carbocycles. The third-order valence-corrected chi connectivity index (χ3v) is 12.3. The summed E-state index contributed by atoms with van der Waals surface area (Å²) in [5, 5.41) is 7.95. The van der Waals surface area contributed by atoms with Crippen LogP contribution < -0.4 is 0 Å². The average molecular weight is 732 g/mol. The molecular weight excluding hydrogens is 703 g/mol. The van der Waals surface area contributed by atoms with Gasteiger partial charge in [-0.05, 0) is 35.9 Å². The quantitative estimate of drug-likeness (QED) is 0.169. The maximum Gasteiger partial charge on any atom is 0.143 e. The minimum Gasteiger partial charge on any atom is -0.455 e. The van der Waals surface area contributed by atoms with Gasteiger partial charge in [-0.1, -0.05) is 146 Å². The zero-order valence-corrected chi connectivity index (χ0v) is 30.7. The smallest absolute Gasteiger partial charge is 0.143 e. The zero-order valence-electron chi connectivity index (χ0n) is 29.9. The fourth-order valence-corrected chi connectivity index (χ4v) is 9.55. The lowest BCUT2D eigenvalue weighted by molar-refractivity contribution is 0.670. The van der Waals surface area contributed by atoms with E-state index in [1.165, 1.54) is 20.2 Å². The van der Waals surface area contributed by atoms with E-state index in [2.05, 4.69) is 146 Å². The van der Waals surface area contributed by atoms with Crippen LogP contribution in [0.2, 0.25) is 0 Å². The van der Waals surface area contributed by atoms with Gasteiger partial charge >= 0.3 is 0 Å². The number of para-hydroxylation sites is 2. The SMILES string of the molecule is c1ccc(-c2ccc3ccc4ccc(-c5ccc(-c6nc7cc(-c8cccc9c8oc8ccccc89)ccc7c7sc8ccccc8c67)cc5)nc4c3n2)cc1. The van der Waals surface area contributed by atoms with Gasteiger partial charge in [-0.3, -0.25) is 0 Å². The summed E-state index contributed by atoms with van der Waals surface area (Å²) in [5.74, 6) is 0. The molecule has 0 spiro atoms. The lowest BCUT2D eigenvalue weighted by Crippen LogP contribution is -1.92. The van der Waals surface area contributed by atoms with Gasteiger partial charge in [0.05, 0.1) is 33.6 Å². The minimum atomic E-state index is 0.896. The van der Waals surface area contributed by atoms with E-state index >= 15 is 0 Å². The molecule has 0 saturated heterocycles. The Hall–Kier alpha value is -7.21. The molecule has 0 aliphatic carbocycles. The molecule has 0 N–H and O–H groups in total. The maximum absolute atomic E-state index is 6.44. The van der Waals surface area contributed by atoms with Gasteiger partial charge in [-0.25, -0.2) is 15.0 Å². The van der Waals surface area contributed by atoms with Crippen LogP contribution in [-0.2, 0) is 0 Å². The maximum atomic E-state index is 6.44. The Morgan fingerprint density at radius 1 is 0.429 bits per heavy atom. The first-order valence-electron chi connectivity index (χ1n) is 18.8. The Morgan fingerprint density at radius 3 is 1.84 bits per heavy atom. The number of fused-ring (bicyclic) bond motifs is 11. The largest absolute Gasteiger partial charge is 0.455 e. The van der Waals surface area contributed by atoms with Crippen LogP contribution in [0.4, 0.5) is 0 Å². The molecule has 5 heterocycles. The Labute approximate surface area is 325 Å². The van der Waals surface area contributed by atoms with E-state index in [0.29, 0.717) is 0 Å². The Balaban J connectivity index is 0.998. The van der Waals surface area contributed by atoms with E-state index in [1.807, 2.05) is 41.7 Å². The summed E-state index contributed by atoms with van der Waals surface area (Å²) in [6.45, 7) is 0. The van der Waals surface area contributed by atoms with Gasteiger partial charge in [0.15, 0.2) is 0 Å². The summed E-state index contributed by atoms with van der Waals surface area (Å²) in [7, 11) is 0. The first-order chi connectivity index (χ1) is 27.7. The number of benzene rings is 7. The molecule has 0 aliphatic heterocycles. The van der Waals surface area contributed by atoms with Crippen LogP contribution in [0.15, 0.2) is 180 Å². The lowest BCUT2D eigenvalue weighted by Gasteiger charge is -2.11. The van der Waals surface area contributed by atoms with E-state index in [4.69, 9.17) is 19.4 Å². The highest BCUT2D eigenvalue weighted by molar-refractivity contribution is 7.26. The molecule has 12 rings (SSSR count). The van der Waals surface area contributed by atoms with E-state index in [-0.39, 0.29) is 0 Å². The van der Waals surface area contributed by atoms with Crippen molar-refractivity contribution in [3.63, 3.8) is 0 Å². The second-order valence-corrected chi connectivity index (χ2v) is 15.4. The third-order valence-electron chi connectivity index (χ3n) is 11.1. The van der Waals surface area contributed by atoms with Crippen molar-refractivity contribution in [1.29, 1.82) is 0 Å². The van der Waals surface area contributed by atoms with Gasteiger partial charge in [-0.15, -0.1) is 11.3 Å². The molecule has 5 aromatic heterocycles. The van der Waals surface area contributed by atoms with Crippen molar-refractivity contribution in [2.24, 2.45) is 0 Å². The van der Waals surface area contributed by atoms with Gasteiger partial charge in [0, 0.05) is 69.4 Å². The second-order valence-electron chi connectivity index (χ2n) is 14.3. The van der Waals surface area contributed by atoms with Gasteiger partial charge in [-0.2, -0.15) is 0 Å². The lowest BCUT2D eigenvalue weighted by atomic mass is 9.98. The molecule has 0 aliphatic rings. The normalized spacial score (nSPS) is 11.9. The van der Waals surface area contributed by atoms with Crippen molar-refractivity contribution < 1.29 is 4.42 Å². The molecule has 0 bridgehead atoms.